The highest BCUT2D eigenvalue weighted by molar-refractivity contribution is 4.78. The summed E-state index contributed by atoms with van der Waals surface area (Å²) in [5.74, 6) is 0.413. The molecule has 3 nitrogen and oxygen atoms in total. The molecule has 0 spiro atoms. The van der Waals surface area contributed by atoms with E-state index >= 15 is 0 Å². The van der Waals surface area contributed by atoms with Crippen molar-refractivity contribution in [2.75, 3.05) is 40.3 Å². The van der Waals surface area contributed by atoms with Crippen molar-refractivity contribution in [3.8, 4) is 0 Å². The van der Waals surface area contributed by atoms with Crippen LogP contribution in [0.5, 0.6) is 0 Å². The third kappa shape index (κ3) is 3.56. The lowest BCUT2D eigenvalue weighted by Crippen LogP contribution is -2.46. The summed E-state index contributed by atoms with van der Waals surface area (Å²) < 4.78 is 0. The van der Waals surface area contributed by atoms with Crippen LogP contribution in [0.4, 0.5) is 0 Å². The van der Waals surface area contributed by atoms with E-state index in [9.17, 15) is 0 Å². The smallest absolute Gasteiger partial charge is 0.0468 e. The van der Waals surface area contributed by atoms with Crippen LogP contribution >= 0.6 is 0 Å². The van der Waals surface area contributed by atoms with Gasteiger partial charge in [-0.1, -0.05) is 6.92 Å². The molecule has 1 N–H and O–H groups in total. The molecule has 14 heavy (non-hydrogen) atoms. The first-order chi connectivity index (χ1) is 6.63. The van der Waals surface area contributed by atoms with Crippen LogP contribution in [0.3, 0.4) is 0 Å². The molecule has 2 atom stereocenters. The van der Waals surface area contributed by atoms with Gasteiger partial charge in [0.05, 0.1) is 0 Å². The number of hydrogen-bond acceptors (Lipinski definition) is 3. The molecular weight excluding hydrogens is 176 g/mol. The fourth-order valence-corrected chi connectivity index (χ4v) is 2.12. The summed E-state index contributed by atoms with van der Waals surface area (Å²) in [7, 11) is 4.31. The Bertz CT molecular complexity index is 161. The van der Waals surface area contributed by atoms with E-state index in [4.69, 9.17) is 5.11 Å². The number of rotatable bonds is 4. The van der Waals surface area contributed by atoms with Gasteiger partial charge in [-0.2, -0.15) is 0 Å². The molecular formula is C11H24N2O. The van der Waals surface area contributed by atoms with Gasteiger partial charge in [0.15, 0.2) is 0 Å². The standard InChI is InChI=1S/C11H24N2O/c1-10(9-14)7-13-6-4-5-11(8-13)12(2)3/h10-11,14H,4-9H2,1-3H3. The van der Waals surface area contributed by atoms with Crippen LogP contribution in [0.1, 0.15) is 19.8 Å². The van der Waals surface area contributed by atoms with Gasteiger partial charge in [0, 0.05) is 25.7 Å². The minimum absolute atomic E-state index is 0.309. The van der Waals surface area contributed by atoms with Crippen molar-refractivity contribution in [1.82, 2.24) is 9.80 Å². The fourth-order valence-electron chi connectivity index (χ4n) is 2.12. The van der Waals surface area contributed by atoms with E-state index in [1.165, 1.54) is 19.4 Å². The van der Waals surface area contributed by atoms with Gasteiger partial charge in [0.1, 0.15) is 0 Å². The van der Waals surface area contributed by atoms with Gasteiger partial charge in [-0.05, 0) is 39.4 Å². The molecule has 0 bridgehead atoms. The Balaban J connectivity index is 2.32. The first-order valence-corrected chi connectivity index (χ1v) is 5.63. The zero-order chi connectivity index (χ0) is 10.6. The molecule has 1 aliphatic rings. The molecule has 0 aromatic rings. The van der Waals surface area contributed by atoms with E-state index < -0.39 is 0 Å². The average Bonchev–Trinajstić information content (AvgIpc) is 2.18. The van der Waals surface area contributed by atoms with Crippen LogP contribution in [0.2, 0.25) is 0 Å². The monoisotopic (exact) mass is 200 g/mol. The molecule has 1 saturated heterocycles. The lowest BCUT2D eigenvalue weighted by Gasteiger charge is -2.37. The summed E-state index contributed by atoms with van der Waals surface area (Å²) in [6, 6.07) is 0.703. The van der Waals surface area contributed by atoms with Gasteiger partial charge in [-0.15, -0.1) is 0 Å². The van der Waals surface area contributed by atoms with E-state index in [-0.39, 0.29) is 0 Å². The van der Waals surface area contributed by atoms with Gasteiger partial charge in [0.25, 0.3) is 0 Å². The minimum Gasteiger partial charge on any atom is -0.396 e. The molecule has 0 radical (unpaired) electrons. The maximum absolute atomic E-state index is 9.00. The fraction of sp³-hybridized carbons (Fsp3) is 1.00. The van der Waals surface area contributed by atoms with Crippen molar-refractivity contribution in [1.29, 1.82) is 0 Å². The van der Waals surface area contributed by atoms with Gasteiger partial charge < -0.3 is 14.9 Å². The molecule has 1 fully saturated rings. The Morgan fingerprint density at radius 2 is 2.21 bits per heavy atom. The maximum atomic E-state index is 9.00. The summed E-state index contributed by atoms with van der Waals surface area (Å²) in [4.78, 5) is 4.80. The molecule has 0 saturated carbocycles. The van der Waals surface area contributed by atoms with Crippen molar-refractivity contribution in [3.05, 3.63) is 0 Å². The average molecular weight is 200 g/mol. The zero-order valence-electron chi connectivity index (χ0n) is 9.74. The largest absolute Gasteiger partial charge is 0.396 e. The summed E-state index contributed by atoms with van der Waals surface area (Å²) in [5.41, 5.74) is 0. The van der Waals surface area contributed by atoms with Crippen molar-refractivity contribution in [2.24, 2.45) is 5.92 Å². The summed E-state index contributed by atoms with van der Waals surface area (Å²) >= 11 is 0. The van der Waals surface area contributed by atoms with Crippen LogP contribution in [-0.2, 0) is 0 Å². The summed E-state index contributed by atoms with van der Waals surface area (Å²) in [6.45, 7) is 5.83. The van der Waals surface area contributed by atoms with Gasteiger partial charge in [-0.3, -0.25) is 0 Å². The molecule has 1 heterocycles. The van der Waals surface area contributed by atoms with Crippen LogP contribution in [0, 0.1) is 5.92 Å². The zero-order valence-corrected chi connectivity index (χ0v) is 9.74. The van der Waals surface area contributed by atoms with E-state index in [2.05, 4.69) is 30.8 Å². The van der Waals surface area contributed by atoms with Crippen molar-refractivity contribution in [3.63, 3.8) is 0 Å². The second kappa shape index (κ2) is 5.69. The topological polar surface area (TPSA) is 26.7 Å². The van der Waals surface area contributed by atoms with E-state index in [0.717, 1.165) is 13.1 Å². The Labute approximate surface area is 87.7 Å². The number of likely N-dealkylation sites (tertiary alicyclic amines) is 1. The van der Waals surface area contributed by atoms with Crippen LogP contribution < -0.4 is 0 Å². The summed E-state index contributed by atoms with van der Waals surface area (Å²) in [5, 5.41) is 9.00. The number of hydrogen-bond donors (Lipinski definition) is 1. The van der Waals surface area contributed by atoms with Crippen molar-refractivity contribution < 1.29 is 5.11 Å². The Kier molecular flexibility index (Phi) is 4.85. The van der Waals surface area contributed by atoms with Crippen molar-refractivity contribution in [2.45, 2.75) is 25.8 Å². The highest BCUT2D eigenvalue weighted by Crippen LogP contribution is 2.14. The Hall–Kier alpha value is -0.120. The second-order valence-corrected chi connectivity index (χ2v) is 4.81. The van der Waals surface area contributed by atoms with E-state index in [1.54, 1.807) is 0 Å². The van der Waals surface area contributed by atoms with Crippen LogP contribution in [-0.4, -0.2) is 61.3 Å². The number of likely N-dealkylation sites (N-methyl/N-ethyl adjacent to an activating group) is 1. The van der Waals surface area contributed by atoms with E-state index in [1.807, 2.05) is 0 Å². The molecule has 0 aliphatic carbocycles. The highest BCUT2D eigenvalue weighted by Gasteiger charge is 2.21. The molecule has 84 valence electrons. The first-order valence-electron chi connectivity index (χ1n) is 5.63. The second-order valence-electron chi connectivity index (χ2n) is 4.81. The minimum atomic E-state index is 0.309. The number of piperidine rings is 1. The Morgan fingerprint density at radius 3 is 2.79 bits per heavy atom. The number of aliphatic hydroxyl groups is 1. The SMILES string of the molecule is CC(CO)CN1CCCC(N(C)C)C1. The molecule has 0 aromatic carbocycles. The predicted molar refractivity (Wildman–Crippen MR) is 59.4 cm³/mol. The highest BCUT2D eigenvalue weighted by atomic mass is 16.3. The van der Waals surface area contributed by atoms with Gasteiger partial charge in [0.2, 0.25) is 0 Å². The molecule has 2 unspecified atom stereocenters. The Morgan fingerprint density at radius 1 is 1.50 bits per heavy atom. The lowest BCUT2D eigenvalue weighted by atomic mass is 10.0. The summed E-state index contributed by atoms with van der Waals surface area (Å²) in [6.07, 6.45) is 2.61. The first kappa shape index (κ1) is 12.0. The normalized spacial score (nSPS) is 26.8. The molecule has 0 aromatic heterocycles. The predicted octanol–water partition coefficient (Wildman–Crippen LogP) is 0.641. The van der Waals surface area contributed by atoms with Crippen molar-refractivity contribution >= 4 is 0 Å². The molecule has 3 heteroatoms. The van der Waals surface area contributed by atoms with Crippen LogP contribution in [0.25, 0.3) is 0 Å². The third-order valence-corrected chi connectivity index (χ3v) is 3.09. The molecule has 0 amide bonds. The number of nitrogens with zero attached hydrogens (tertiary/aromatic N) is 2. The van der Waals surface area contributed by atoms with Crippen LogP contribution in [0.15, 0.2) is 0 Å². The maximum Gasteiger partial charge on any atom is 0.0468 e. The third-order valence-electron chi connectivity index (χ3n) is 3.09. The molecule has 1 aliphatic heterocycles. The quantitative estimate of drug-likeness (QED) is 0.721. The van der Waals surface area contributed by atoms with E-state index in [0.29, 0.717) is 18.6 Å². The number of aliphatic hydroxyl groups excluding tert-OH is 1. The molecule has 1 rings (SSSR count). The van der Waals surface area contributed by atoms with Gasteiger partial charge >= 0.3 is 0 Å². The lowest BCUT2D eigenvalue weighted by molar-refractivity contribution is 0.105. The van der Waals surface area contributed by atoms with Gasteiger partial charge in [-0.25, -0.2) is 0 Å².